The minimum atomic E-state index is 0.225. The lowest BCUT2D eigenvalue weighted by Gasteiger charge is -2.02. The van der Waals surface area contributed by atoms with E-state index in [9.17, 15) is 5.26 Å². The summed E-state index contributed by atoms with van der Waals surface area (Å²) in [5.74, 6) is 0.704. The van der Waals surface area contributed by atoms with Gasteiger partial charge in [0.1, 0.15) is 11.6 Å². The van der Waals surface area contributed by atoms with Crippen molar-refractivity contribution < 1.29 is 4.52 Å². The molecular formula is C14H14N4OS. The van der Waals surface area contributed by atoms with Gasteiger partial charge in [0.2, 0.25) is 5.82 Å². The minimum Gasteiger partial charge on any atom is -0.382 e. The van der Waals surface area contributed by atoms with E-state index in [4.69, 9.17) is 4.52 Å². The molecule has 0 spiro atoms. The fourth-order valence-corrected chi connectivity index (χ4v) is 2.29. The monoisotopic (exact) mass is 286 g/mol. The highest BCUT2D eigenvalue weighted by molar-refractivity contribution is 8.02. The third-order valence-corrected chi connectivity index (χ3v) is 3.50. The van der Waals surface area contributed by atoms with Crippen LogP contribution in [-0.2, 0) is 0 Å². The van der Waals surface area contributed by atoms with Crippen LogP contribution in [0.1, 0.15) is 11.5 Å². The highest BCUT2D eigenvalue weighted by Gasteiger charge is 2.16. The Labute approximate surface area is 121 Å². The van der Waals surface area contributed by atoms with Crippen LogP contribution in [0.5, 0.6) is 0 Å². The van der Waals surface area contributed by atoms with Gasteiger partial charge in [-0.2, -0.15) is 10.2 Å². The van der Waals surface area contributed by atoms with E-state index in [1.165, 1.54) is 11.8 Å². The molecule has 0 saturated carbocycles. The summed E-state index contributed by atoms with van der Waals surface area (Å²) in [6.07, 6.45) is 1.88. The Morgan fingerprint density at radius 1 is 1.45 bits per heavy atom. The Morgan fingerprint density at radius 3 is 2.85 bits per heavy atom. The average Bonchev–Trinajstić information content (AvgIpc) is 2.94. The minimum absolute atomic E-state index is 0.225. The molecule has 0 bridgehead atoms. The molecule has 0 aliphatic carbocycles. The second-order valence-electron chi connectivity index (χ2n) is 4.06. The molecule has 2 rings (SSSR count). The van der Waals surface area contributed by atoms with Gasteiger partial charge in [-0.25, -0.2) is 0 Å². The molecule has 0 unspecified atom stereocenters. The van der Waals surface area contributed by atoms with Crippen molar-refractivity contribution >= 4 is 17.3 Å². The maximum Gasteiger partial charge on any atom is 0.271 e. The lowest BCUT2D eigenvalue weighted by atomic mass is 10.1. The molecule has 2 aromatic rings. The molecule has 0 aliphatic heterocycles. The van der Waals surface area contributed by atoms with Gasteiger partial charge in [0, 0.05) is 12.6 Å². The van der Waals surface area contributed by atoms with Crippen LogP contribution in [-0.4, -0.2) is 23.4 Å². The van der Waals surface area contributed by atoms with Crippen LogP contribution in [0.15, 0.2) is 33.8 Å². The van der Waals surface area contributed by atoms with Crippen molar-refractivity contribution in [2.45, 2.75) is 6.92 Å². The number of nitriles is 1. The fourth-order valence-electron chi connectivity index (χ4n) is 1.75. The Kier molecular flexibility index (Phi) is 4.43. The SMILES string of the molecule is CN/C(SC)=C(/C#N)c1nc(-c2cccc(C)c2)no1. The first-order chi connectivity index (χ1) is 9.69. The van der Waals surface area contributed by atoms with E-state index in [2.05, 4.69) is 21.5 Å². The second kappa shape index (κ2) is 6.26. The maximum absolute atomic E-state index is 9.25. The van der Waals surface area contributed by atoms with E-state index in [0.717, 1.165) is 11.1 Å². The number of rotatable bonds is 4. The van der Waals surface area contributed by atoms with Crippen molar-refractivity contribution in [3.05, 3.63) is 40.7 Å². The molecule has 0 radical (unpaired) electrons. The number of nitrogens with one attached hydrogen (secondary N) is 1. The first kappa shape index (κ1) is 14.2. The van der Waals surface area contributed by atoms with E-state index < -0.39 is 0 Å². The van der Waals surface area contributed by atoms with Crippen LogP contribution < -0.4 is 5.32 Å². The molecule has 0 amide bonds. The third kappa shape index (κ3) is 2.83. The van der Waals surface area contributed by atoms with E-state index in [0.29, 0.717) is 16.4 Å². The number of hydrogen-bond acceptors (Lipinski definition) is 6. The topological polar surface area (TPSA) is 74.7 Å². The molecule has 1 N–H and O–H groups in total. The summed E-state index contributed by atoms with van der Waals surface area (Å²) < 4.78 is 5.20. The van der Waals surface area contributed by atoms with Crippen molar-refractivity contribution in [3.63, 3.8) is 0 Å². The smallest absolute Gasteiger partial charge is 0.271 e. The highest BCUT2D eigenvalue weighted by Crippen LogP contribution is 2.24. The van der Waals surface area contributed by atoms with Gasteiger partial charge in [-0.3, -0.25) is 0 Å². The molecule has 0 atom stereocenters. The van der Waals surface area contributed by atoms with Crippen LogP contribution in [0.4, 0.5) is 0 Å². The normalized spacial score (nSPS) is 11.7. The molecule has 0 fully saturated rings. The Hall–Kier alpha value is -2.26. The van der Waals surface area contributed by atoms with E-state index >= 15 is 0 Å². The number of hydrogen-bond donors (Lipinski definition) is 1. The molecule has 1 aromatic carbocycles. The lowest BCUT2D eigenvalue weighted by Crippen LogP contribution is -2.04. The molecule has 1 heterocycles. The van der Waals surface area contributed by atoms with Gasteiger partial charge in [-0.05, 0) is 19.2 Å². The van der Waals surface area contributed by atoms with Crippen molar-refractivity contribution in [2.75, 3.05) is 13.3 Å². The molecular weight excluding hydrogens is 272 g/mol. The van der Waals surface area contributed by atoms with Gasteiger partial charge in [0.25, 0.3) is 5.89 Å². The van der Waals surface area contributed by atoms with Crippen molar-refractivity contribution in [3.8, 4) is 17.5 Å². The molecule has 102 valence electrons. The zero-order chi connectivity index (χ0) is 14.5. The number of thioether (sulfide) groups is 1. The lowest BCUT2D eigenvalue weighted by molar-refractivity contribution is 0.409. The van der Waals surface area contributed by atoms with Gasteiger partial charge >= 0.3 is 0 Å². The van der Waals surface area contributed by atoms with Gasteiger partial charge in [0.05, 0.1) is 5.03 Å². The maximum atomic E-state index is 9.25. The fraction of sp³-hybridized carbons (Fsp3) is 0.214. The van der Waals surface area contributed by atoms with Crippen molar-refractivity contribution in [1.29, 1.82) is 5.26 Å². The molecule has 5 nitrogen and oxygen atoms in total. The molecule has 1 aromatic heterocycles. The molecule has 0 aliphatic rings. The third-order valence-electron chi connectivity index (χ3n) is 2.69. The molecule has 0 saturated heterocycles. The average molecular weight is 286 g/mol. The Morgan fingerprint density at radius 2 is 2.25 bits per heavy atom. The van der Waals surface area contributed by atoms with Gasteiger partial charge in [-0.1, -0.05) is 28.9 Å². The number of aromatic nitrogens is 2. The largest absolute Gasteiger partial charge is 0.382 e. The number of aryl methyl sites for hydroxylation is 1. The molecule has 6 heteroatoms. The van der Waals surface area contributed by atoms with E-state index in [1.807, 2.05) is 37.4 Å². The van der Waals surface area contributed by atoms with Crippen molar-refractivity contribution in [1.82, 2.24) is 15.5 Å². The van der Waals surface area contributed by atoms with Gasteiger partial charge < -0.3 is 9.84 Å². The van der Waals surface area contributed by atoms with Crippen LogP contribution >= 0.6 is 11.8 Å². The number of benzene rings is 1. The summed E-state index contributed by atoms with van der Waals surface area (Å²) in [5.41, 5.74) is 2.34. The van der Waals surface area contributed by atoms with Gasteiger partial charge in [-0.15, -0.1) is 11.8 Å². The first-order valence-corrected chi connectivity index (χ1v) is 7.19. The van der Waals surface area contributed by atoms with Gasteiger partial charge in [0.15, 0.2) is 0 Å². The van der Waals surface area contributed by atoms with E-state index in [-0.39, 0.29) is 5.89 Å². The van der Waals surface area contributed by atoms with Crippen LogP contribution in [0.2, 0.25) is 0 Å². The first-order valence-electron chi connectivity index (χ1n) is 5.96. The standard InChI is InChI=1S/C14H14N4OS/c1-9-5-4-6-10(7-9)12-17-13(19-18-12)11(8-15)14(16-2)20-3/h4-7,16H,1-3H3/b14-11+. The Bertz CT molecular complexity index is 678. The summed E-state index contributed by atoms with van der Waals surface area (Å²) in [6, 6.07) is 9.91. The predicted molar refractivity (Wildman–Crippen MR) is 79.6 cm³/mol. The highest BCUT2D eigenvalue weighted by atomic mass is 32.2. The predicted octanol–water partition coefficient (Wildman–Crippen LogP) is 2.82. The summed E-state index contributed by atoms with van der Waals surface area (Å²) in [4.78, 5) is 4.30. The molecule has 20 heavy (non-hydrogen) atoms. The zero-order valence-corrected chi connectivity index (χ0v) is 12.3. The Balaban J connectivity index is 2.43. The second-order valence-corrected chi connectivity index (χ2v) is 4.88. The van der Waals surface area contributed by atoms with Crippen LogP contribution in [0.25, 0.3) is 17.0 Å². The summed E-state index contributed by atoms with van der Waals surface area (Å²) in [6.45, 7) is 2.00. The zero-order valence-electron chi connectivity index (χ0n) is 11.5. The van der Waals surface area contributed by atoms with Crippen molar-refractivity contribution in [2.24, 2.45) is 0 Å². The summed E-state index contributed by atoms with van der Waals surface area (Å²) >= 11 is 1.42. The van der Waals surface area contributed by atoms with Crippen LogP contribution in [0, 0.1) is 18.3 Å². The van der Waals surface area contributed by atoms with E-state index in [1.54, 1.807) is 7.05 Å². The number of allylic oxidation sites excluding steroid dienone is 1. The summed E-state index contributed by atoms with van der Waals surface area (Å²) in [7, 11) is 1.75. The van der Waals surface area contributed by atoms with Crippen LogP contribution in [0.3, 0.4) is 0 Å². The number of nitrogens with zero attached hydrogens (tertiary/aromatic N) is 3. The quantitative estimate of drug-likeness (QED) is 0.871. The summed E-state index contributed by atoms with van der Waals surface area (Å²) in [5, 5.41) is 16.8.